The van der Waals surface area contributed by atoms with Crippen LogP contribution < -0.4 is 19.5 Å². The summed E-state index contributed by atoms with van der Waals surface area (Å²) in [5.74, 6) is -0.890. The Morgan fingerprint density at radius 3 is 2.11 bits per heavy atom. The van der Waals surface area contributed by atoms with Gasteiger partial charge in [-0.1, -0.05) is 29.3 Å². The summed E-state index contributed by atoms with van der Waals surface area (Å²) in [6.07, 6.45) is 0. The van der Waals surface area contributed by atoms with Gasteiger partial charge in [0.15, 0.2) is 11.5 Å². The van der Waals surface area contributed by atoms with Crippen LogP contribution >= 0.6 is 11.6 Å². The number of ether oxygens (including phenoxy) is 3. The van der Waals surface area contributed by atoms with Crippen LogP contribution in [-0.4, -0.2) is 41.6 Å². The molecule has 0 aliphatic carbocycles. The topological polar surface area (TPSA) is 120 Å². The van der Waals surface area contributed by atoms with E-state index in [0.717, 1.165) is 11.6 Å². The van der Waals surface area contributed by atoms with Crippen LogP contribution in [0.15, 0.2) is 59.5 Å². The Morgan fingerprint density at radius 1 is 0.886 bits per heavy atom. The van der Waals surface area contributed by atoms with Crippen molar-refractivity contribution in [1.82, 2.24) is 0 Å². The summed E-state index contributed by atoms with van der Waals surface area (Å²) in [4.78, 5) is 25.0. The number of anilines is 2. The zero-order chi connectivity index (χ0) is 25.8. The molecule has 2 N–H and O–H groups in total. The number of amides is 1. The molecule has 0 aromatic heterocycles. The average molecular weight is 519 g/mol. The molecule has 11 heteroatoms. The molecule has 0 bridgehead atoms. The van der Waals surface area contributed by atoms with Gasteiger partial charge in [0.1, 0.15) is 4.90 Å². The predicted octanol–water partition coefficient (Wildman–Crippen LogP) is 4.51. The SMILES string of the molecule is COC(=O)c1cc(OC)c(OC)cc1NC(=O)c1ccc(Cl)c(S(=O)(=O)Nc2ccc(C)cc2)c1. The Labute approximate surface area is 208 Å². The van der Waals surface area contributed by atoms with Gasteiger partial charge in [-0.3, -0.25) is 9.52 Å². The van der Waals surface area contributed by atoms with Crippen LogP contribution in [0.3, 0.4) is 0 Å². The van der Waals surface area contributed by atoms with E-state index in [1.165, 1.54) is 45.6 Å². The largest absolute Gasteiger partial charge is 0.493 e. The molecule has 0 saturated carbocycles. The number of aryl methyl sites for hydroxylation is 1. The highest BCUT2D eigenvalue weighted by Crippen LogP contribution is 2.34. The number of carbonyl (C=O) groups is 2. The average Bonchev–Trinajstić information content (AvgIpc) is 2.84. The van der Waals surface area contributed by atoms with Crippen molar-refractivity contribution in [1.29, 1.82) is 0 Å². The number of hydrogen-bond donors (Lipinski definition) is 2. The maximum atomic E-state index is 13.0. The number of halogens is 1. The van der Waals surface area contributed by atoms with Crippen molar-refractivity contribution >= 4 is 44.9 Å². The van der Waals surface area contributed by atoms with Crippen LogP contribution in [0.4, 0.5) is 11.4 Å². The van der Waals surface area contributed by atoms with E-state index in [4.69, 9.17) is 25.8 Å². The maximum Gasteiger partial charge on any atom is 0.340 e. The van der Waals surface area contributed by atoms with E-state index in [2.05, 4.69) is 10.0 Å². The van der Waals surface area contributed by atoms with Gasteiger partial charge in [-0.2, -0.15) is 0 Å². The smallest absolute Gasteiger partial charge is 0.340 e. The molecule has 0 spiro atoms. The number of nitrogens with one attached hydrogen (secondary N) is 2. The van der Waals surface area contributed by atoms with Crippen LogP contribution in [0.25, 0.3) is 0 Å². The number of hydrogen-bond acceptors (Lipinski definition) is 7. The number of methoxy groups -OCH3 is 3. The van der Waals surface area contributed by atoms with Crippen molar-refractivity contribution in [2.75, 3.05) is 31.4 Å². The van der Waals surface area contributed by atoms with Crippen LogP contribution in [-0.2, 0) is 14.8 Å². The van der Waals surface area contributed by atoms with E-state index in [1.54, 1.807) is 24.3 Å². The standard InChI is InChI=1S/C24H23ClN2O7S/c1-14-5-8-16(9-6-14)27-35(30,31)22-11-15(7-10-18(22)25)23(28)26-19-13-21(33-3)20(32-2)12-17(19)24(29)34-4/h5-13,27H,1-4H3,(H,26,28). The fourth-order valence-electron chi connectivity index (χ4n) is 3.14. The highest BCUT2D eigenvalue weighted by molar-refractivity contribution is 7.92. The summed E-state index contributed by atoms with van der Waals surface area (Å²) < 4.78 is 43.6. The van der Waals surface area contributed by atoms with E-state index in [9.17, 15) is 18.0 Å². The Hall–Kier alpha value is -3.76. The first-order chi connectivity index (χ1) is 16.6. The van der Waals surface area contributed by atoms with Crippen molar-refractivity contribution in [3.63, 3.8) is 0 Å². The Kier molecular flexibility index (Phi) is 7.88. The lowest BCUT2D eigenvalue weighted by Crippen LogP contribution is -2.18. The quantitative estimate of drug-likeness (QED) is 0.421. The molecule has 1 amide bonds. The number of benzene rings is 3. The Balaban J connectivity index is 1.96. The van der Waals surface area contributed by atoms with E-state index >= 15 is 0 Å². The monoisotopic (exact) mass is 518 g/mol. The summed E-state index contributed by atoms with van der Waals surface area (Å²) in [5.41, 5.74) is 1.39. The number of carbonyl (C=O) groups excluding carboxylic acids is 2. The van der Waals surface area contributed by atoms with Crippen LogP contribution in [0.5, 0.6) is 11.5 Å². The molecular weight excluding hydrogens is 496 g/mol. The summed E-state index contributed by atoms with van der Waals surface area (Å²) in [6, 6.07) is 13.3. The van der Waals surface area contributed by atoms with E-state index in [1.807, 2.05) is 6.92 Å². The van der Waals surface area contributed by atoms with Crippen molar-refractivity contribution in [2.24, 2.45) is 0 Å². The molecule has 184 valence electrons. The van der Waals surface area contributed by atoms with E-state index in [-0.39, 0.29) is 38.2 Å². The second kappa shape index (κ2) is 10.7. The van der Waals surface area contributed by atoms with Gasteiger partial charge in [0.25, 0.3) is 15.9 Å². The fraction of sp³-hybridized carbons (Fsp3) is 0.167. The lowest BCUT2D eigenvalue weighted by molar-refractivity contribution is 0.0601. The van der Waals surface area contributed by atoms with Gasteiger partial charge in [0, 0.05) is 23.4 Å². The summed E-state index contributed by atoms with van der Waals surface area (Å²) >= 11 is 6.15. The highest BCUT2D eigenvalue weighted by Gasteiger charge is 2.23. The third kappa shape index (κ3) is 5.84. The number of esters is 1. The van der Waals surface area contributed by atoms with Gasteiger partial charge in [-0.15, -0.1) is 0 Å². The van der Waals surface area contributed by atoms with Gasteiger partial charge in [-0.25, -0.2) is 13.2 Å². The van der Waals surface area contributed by atoms with Gasteiger partial charge in [-0.05, 0) is 37.3 Å². The molecule has 0 aliphatic heterocycles. The van der Waals surface area contributed by atoms with Crippen molar-refractivity contribution in [2.45, 2.75) is 11.8 Å². The molecule has 35 heavy (non-hydrogen) atoms. The second-order valence-electron chi connectivity index (χ2n) is 7.32. The molecular formula is C24H23ClN2O7S. The number of rotatable bonds is 8. The Bertz CT molecular complexity index is 1370. The van der Waals surface area contributed by atoms with Gasteiger partial charge < -0.3 is 19.5 Å². The van der Waals surface area contributed by atoms with E-state index in [0.29, 0.717) is 5.69 Å². The summed E-state index contributed by atoms with van der Waals surface area (Å²) in [7, 11) is -0.105. The van der Waals surface area contributed by atoms with Crippen LogP contribution in [0, 0.1) is 6.92 Å². The van der Waals surface area contributed by atoms with E-state index < -0.39 is 21.9 Å². The third-order valence-electron chi connectivity index (χ3n) is 4.96. The molecule has 0 unspecified atom stereocenters. The third-order valence-corrected chi connectivity index (χ3v) is 6.83. The lowest BCUT2D eigenvalue weighted by Gasteiger charge is -2.15. The van der Waals surface area contributed by atoms with Crippen molar-refractivity contribution in [3.8, 4) is 11.5 Å². The molecule has 0 radical (unpaired) electrons. The zero-order valence-corrected chi connectivity index (χ0v) is 20.9. The van der Waals surface area contributed by atoms with Crippen LogP contribution in [0.1, 0.15) is 26.3 Å². The fourth-order valence-corrected chi connectivity index (χ4v) is 4.72. The molecule has 0 saturated heterocycles. The van der Waals surface area contributed by atoms with Crippen molar-refractivity contribution in [3.05, 3.63) is 76.3 Å². The normalized spacial score (nSPS) is 10.9. The highest BCUT2D eigenvalue weighted by atomic mass is 35.5. The molecule has 3 aromatic carbocycles. The molecule has 0 aliphatic rings. The first-order valence-electron chi connectivity index (χ1n) is 10.1. The molecule has 3 aromatic rings. The minimum absolute atomic E-state index is 0.00992. The maximum absolute atomic E-state index is 13.0. The molecule has 9 nitrogen and oxygen atoms in total. The Morgan fingerprint density at radius 2 is 1.51 bits per heavy atom. The lowest BCUT2D eigenvalue weighted by atomic mass is 10.1. The first-order valence-corrected chi connectivity index (χ1v) is 12.0. The summed E-state index contributed by atoms with van der Waals surface area (Å²) in [5, 5.41) is 2.52. The van der Waals surface area contributed by atoms with Gasteiger partial charge in [0.05, 0.1) is 37.6 Å². The molecule has 3 rings (SSSR count). The van der Waals surface area contributed by atoms with Crippen LogP contribution in [0.2, 0.25) is 5.02 Å². The predicted molar refractivity (Wildman–Crippen MR) is 132 cm³/mol. The second-order valence-corrected chi connectivity index (χ2v) is 9.37. The zero-order valence-electron chi connectivity index (χ0n) is 19.3. The molecule has 0 atom stereocenters. The summed E-state index contributed by atoms with van der Waals surface area (Å²) in [6.45, 7) is 1.88. The van der Waals surface area contributed by atoms with Gasteiger partial charge in [0.2, 0.25) is 0 Å². The first kappa shape index (κ1) is 25.9. The minimum atomic E-state index is -4.10. The minimum Gasteiger partial charge on any atom is -0.493 e. The van der Waals surface area contributed by atoms with Crippen molar-refractivity contribution < 1.29 is 32.2 Å². The van der Waals surface area contributed by atoms with Gasteiger partial charge >= 0.3 is 5.97 Å². The molecule has 0 heterocycles. The number of sulfonamides is 1. The molecule has 0 fully saturated rings.